The SMILES string of the molecule is O=C(Cn1nnc(-c2ccc(Cl)cc2)n1)NCc1ccncc1. The monoisotopic (exact) mass is 328 g/mol. The van der Waals surface area contributed by atoms with Gasteiger partial charge < -0.3 is 5.32 Å². The van der Waals surface area contributed by atoms with Crippen molar-refractivity contribution in [3.05, 3.63) is 59.4 Å². The van der Waals surface area contributed by atoms with Gasteiger partial charge in [-0.15, -0.1) is 10.2 Å². The molecule has 0 saturated carbocycles. The lowest BCUT2D eigenvalue weighted by Gasteiger charge is -2.03. The van der Waals surface area contributed by atoms with Crippen LogP contribution in [0.1, 0.15) is 5.56 Å². The van der Waals surface area contributed by atoms with E-state index in [-0.39, 0.29) is 12.5 Å². The fourth-order valence-corrected chi connectivity index (χ4v) is 2.04. The third kappa shape index (κ3) is 4.10. The van der Waals surface area contributed by atoms with Crippen molar-refractivity contribution in [3.8, 4) is 11.4 Å². The van der Waals surface area contributed by atoms with Crippen LogP contribution in [-0.4, -0.2) is 31.1 Å². The van der Waals surface area contributed by atoms with Gasteiger partial charge in [0.1, 0.15) is 6.54 Å². The minimum Gasteiger partial charge on any atom is -0.350 e. The van der Waals surface area contributed by atoms with Gasteiger partial charge in [-0.3, -0.25) is 9.78 Å². The van der Waals surface area contributed by atoms with Crippen LogP contribution in [0.3, 0.4) is 0 Å². The molecule has 3 aromatic rings. The zero-order chi connectivity index (χ0) is 16.1. The van der Waals surface area contributed by atoms with E-state index in [1.807, 2.05) is 12.1 Å². The van der Waals surface area contributed by atoms with E-state index in [1.54, 1.807) is 36.7 Å². The Morgan fingerprint density at radius 3 is 2.61 bits per heavy atom. The number of nitrogens with zero attached hydrogens (tertiary/aromatic N) is 5. The predicted molar refractivity (Wildman–Crippen MR) is 84.3 cm³/mol. The molecule has 0 unspecified atom stereocenters. The highest BCUT2D eigenvalue weighted by atomic mass is 35.5. The number of tetrazole rings is 1. The van der Waals surface area contributed by atoms with E-state index in [9.17, 15) is 4.79 Å². The molecule has 1 aromatic carbocycles. The second-order valence-corrected chi connectivity index (χ2v) is 5.22. The second-order valence-electron chi connectivity index (χ2n) is 4.78. The largest absolute Gasteiger partial charge is 0.350 e. The minimum atomic E-state index is -0.193. The van der Waals surface area contributed by atoms with Crippen molar-refractivity contribution in [1.29, 1.82) is 0 Å². The van der Waals surface area contributed by atoms with E-state index in [0.717, 1.165) is 11.1 Å². The number of hydrogen-bond acceptors (Lipinski definition) is 5. The van der Waals surface area contributed by atoms with Gasteiger partial charge >= 0.3 is 0 Å². The average molecular weight is 329 g/mol. The van der Waals surface area contributed by atoms with Gasteiger partial charge in [0.15, 0.2) is 0 Å². The molecule has 1 amide bonds. The summed E-state index contributed by atoms with van der Waals surface area (Å²) in [5.41, 5.74) is 1.76. The van der Waals surface area contributed by atoms with Crippen LogP contribution in [0, 0.1) is 0 Å². The van der Waals surface area contributed by atoms with Crippen LogP contribution in [-0.2, 0) is 17.9 Å². The molecule has 0 fully saturated rings. The Hall–Kier alpha value is -2.80. The molecule has 1 N–H and O–H groups in total. The first-order chi connectivity index (χ1) is 11.2. The number of rotatable bonds is 5. The fourth-order valence-electron chi connectivity index (χ4n) is 1.91. The van der Waals surface area contributed by atoms with Crippen molar-refractivity contribution in [2.75, 3.05) is 0 Å². The number of amides is 1. The quantitative estimate of drug-likeness (QED) is 0.770. The molecule has 3 rings (SSSR count). The maximum absolute atomic E-state index is 11.9. The van der Waals surface area contributed by atoms with E-state index in [2.05, 4.69) is 25.7 Å². The number of halogens is 1. The van der Waals surface area contributed by atoms with Crippen molar-refractivity contribution in [3.63, 3.8) is 0 Å². The lowest BCUT2D eigenvalue weighted by atomic mass is 10.2. The van der Waals surface area contributed by atoms with Gasteiger partial charge in [0, 0.05) is 29.5 Å². The minimum absolute atomic E-state index is 0.00563. The van der Waals surface area contributed by atoms with Crippen molar-refractivity contribution in [2.24, 2.45) is 0 Å². The molecule has 0 saturated heterocycles. The molecule has 23 heavy (non-hydrogen) atoms. The Bertz CT molecular complexity index is 787. The number of hydrogen-bond donors (Lipinski definition) is 1. The molecule has 2 heterocycles. The first kappa shape index (κ1) is 15.1. The van der Waals surface area contributed by atoms with Crippen molar-refractivity contribution < 1.29 is 4.79 Å². The van der Waals surface area contributed by atoms with Gasteiger partial charge in [-0.1, -0.05) is 11.6 Å². The molecule has 2 aromatic heterocycles. The molecule has 7 nitrogen and oxygen atoms in total. The molecular weight excluding hydrogens is 316 g/mol. The molecule has 0 aliphatic carbocycles. The van der Waals surface area contributed by atoms with E-state index >= 15 is 0 Å². The van der Waals surface area contributed by atoms with Gasteiger partial charge in [0.05, 0.1) is 0 Å². The molecule has 0 radical (unpaired) electrons. The number of nitrogens with one attached hydrogen (secondary N) is 1. The summed E-state index contributed by atoms with van der Waals surface area (Å²) in [6, 6.07) is 10.8. The smallest absolute Gasteiger partial charge is 0.243 e. The lowest BCUT2D eigenvalue weighted by molar-refractivity contribution is -0.122. The van der Waals surface area contributed by atoms with Gasteiger partial charge in [0.25, 0.3) is 0 Å². The zero-order valence-electron chi connectivity index (χ0n) is 12.1. The maximum atomic E-state index is 11.9. The summed E-state index contributed by atoms with van der Waals surface area (Å²) in [5.74, 6) is 0.255. The molecule has 0 aliphatic heterocycles. The van der Waals surface area contributed by atoms with Crippen LogP contribution < -0.4 is 5.32 Å². The van der Waals surface area contributed by atoms with Crippen LogP contribution >= 0.6 is 11.6 Å². The number of aromatic nitrogens is 5. The van der Waals surface area contributed by atoms with Crippen molar-refractivity contribution in [1.82, 2.24) is 30.5 Å². The standard InChI is InChI=1S/C15H13ClN6O/c16-13-3-1-12(2-4-13)15-19-21-22(20-15)10-14(23)18-9-11-5-7-17-8-6-11/h1-8H,9-10H2,(H,18,23). The van der Waals surface area contributed by atoms with Crippen molar-refractivity contribution >= 4 is 17.5 Å². The molecule has 0 aliphatic rings. The summed E-state index contributed by atoms with van der Waals surface area (Å²) in [5, 5.41) is 15.4. The summed E-state index contributed by atoms with van der Waals surface area (Å²) < 4.78 is 0. The highest BCUT2D eigenvalue weighted by Crippen LogP contribution is 2.16. The molecule has 0 spiro atoms. The van der Waals surface area contributed by atoms with E-state index in [1.165, 1.54) is 4.80 Å². The molecule has 0 bridgehead atoms. The molecule has 8 heteroatoms. The molecule has 116 valence electrons. The first-order valence-electron chi connectivity index (χ1n) is 6.90. The third-order valence-corrected chi connectivity index (χ3v) is 3.33. The summed E-state index contributed by atoms with van der Waals surface area (Å²) in [7, 11) is 0. The summed E-state index contributed by atoms with van der Waals surface area (Å²) >= 11 is 5.84. The highest BCUT2D eigenvalue weighted by Gasteiger charge is 2.09. The highest BCUT2D eigenvalue weighted by molar-refractivity contribution is 6.30. The van der Waals surface area contributed by atoms with Gasteiger partial charge in [-0.25, -0.2) is 0 Å². The Morgan fingerprint density at radius 1 is 1.13 bits per heavy atom. The number of benzene rings is 1. The Morgan fingerprint density at radius 2 is 1.87 bits per heavy atom. The van der Waals surface area contributed by atoms with Crippen LogP contribution in [0.5, 0.6) is 0 Å². The van der Waals surface area contributed by atoms with Gasteiger partial charge in [-0.2, -0.15) is 4.80 Å². The molecule has 0 atom stereocenters. The summed E-state index contributed by atoms with van der Waals surface area (Å²) in [6.45, 7) is 0.436. The number of carbonyl (C=O) groups is 1. The predicted octanol–water partition coefficient (Wildman–Crippen LogP) is 1.70. The summed E-state index contributed by atoms with van der Waals surface area (Å²) in [4.78, 5) is 17.1. The number of pyridine rings is 1. The second kappa shape index (κ2) is 6.97. The lowest BCUT2D eigenvalue weighted by Crippen LogP contribution is -2.28. The Kier molecular flexibility index (Phi) is 4.58. The van der Waals surface area contributed by atoms with Crippen molar-refractivity contribution in [2.45, 2.75) is 13.1 Å². The van der Waals surface area contributed by atoms with E-state index in [4.69, 9.17) is 11.6 Å². The van der Waals surface area contributed by atoms with Gasteiger partial charge in [0.2, 0.25) is 11.7 Å². The van der Waals surface area contributed by atoms with E-state index < -0.39 is 0 Å². The summed E-state index contributed by atoms with van der Waals surface area (Å²) in [6.07, 6.45) is 3.36. The molecular formula is C15H13ClN6O. The topological polar surface area (TPSA) is 85.6 Å². The van der Waals surface area contributed by atoms with Crippen LogP contribution in [0.25, 0.3) is 11.4 Å². The Labute approximate surface area is 137 Å². The van der Waals surface area contributed by atoms with Crippen LogP contribution in [0.15, 0.2) is 48.8 Å². The third-order valence-electron chi connectivity index (χ3n) is 3.08. The van der Waals surface area contributed by atoms with E-state index in [0.29, 0.717) is 17.4 Å². The maximum Gasteiger partial charge on any atom is 0.243 e. The average Bonchev–Trinajstić information content (AvgIpc) is 3.03. The fraction of sp³-hybridized carbons (Fsp3) is 0.133. The Balaban J connectivity index is 1.58. The van der Waals surface area contributed by atoms with Crippen LogP contribution in [0.4, 0.5) is 0 Å². The van der Waals surface area contributed by atoms with Gasteiger partial charge in [-0.05, 0) is 47.2 Å². The number of carbonyl (C=O) groups excluding carboxylic acids is 1. The normalized spacial score (nSPS) is 10.5. The zero-order valence-corrected chi connectivity index (χ0v) is 12.8. The first-order valence-corrected chi connectivity index (χ1v) is 7.28. The van der Waals surface area contributed by atoms with Crippen LogP contribution in [0.2, 0.25) is 5.02 Å².